The SMILES string of the molecule is COc1ccc(C2CCCCC2)cc1C(=O)CC(C)C(=O)O. The quantitative estimate of drug-likeness (QED) is 0.806. The highest BCUT2D eigenvalue weighted by Crippen LogP contribution is 2.35. The number of ketones is 1. The van der Waals surface area contributed by atoms with Gasteiger partial charge in [-0.3, -0.25) is 9.59 Å². The molecule has 0 radical (unpaired) electrons. The zero-order chi connectivity index (χ0) is 16.1. The van der Waals surface area contributed by atoms with Crippen molar-refractivity contribution in [1.82, 2.24) is 0 Å². The summed E-state index contributed by atoms with van der Waals surface area (Å²) in [7, 11) is 1.53. The maximum Gasteiger partial charge on any atom is 0.306 e. The molecule has 0 spiro atoms. The largest absolute Gasteiger partial charge is 0.496 e. The summed E-state index contributed by atoms with van der Waals surface area (Å²) < 4.78 is 5.28. The zero-order valence-electron chi connectivity index (χ0n) is 13.3. The zero-order valence-corrected chi connectivity index (χ0v) is 13.3. The number of ether oxygens (including phenoxy) is 1. The molecule has 0 aromatic heterocycles. The minimum atomic E-state index is -0.948. The minimum Gasteiger partial charge on any atom is -0.496 e. The van der Waals surface area contributed by atoms with Crippen LogP contribution in [0.15, 0.2) is 18.2 Å². The van der Waals surface area contributed by atoms with E-state index in [-0.39, 0.29) is 12.2 Å². The normalized spacial score (nSPS) is 17.0. The third-order valence-electron chi connectivity index (χ3n) is 4.51. The number of carbonyl (C=O) groups is 2. The summed E-state index contributed by atoms with van der Waals surface area (Å²) in [5, 5.41) is 8.98. The van der Waals surface area contributed by atoms with Crippen molar-refractivity contribution in [2.24, 2.45) is 5.92 Å². The Balaban J connectivity index is 2.23. The second kappa shape index (κ2) is 7.43. The first-order chi connectivity index (χ1) is 10.5. The Kier molecular flexibility index (Phi) is 5.58. The van der Waals surface area contributed by atoms with Gasteiger partial charge in [0.2, 0.25) is 0 Å². The van der Waals surface area contributed by atoms with Crippen LogP contribution >= 0.6 is 0 Å². The van der Waals surface area contributed by atoms with Crippen molar-refractivity contribution in [3.8, 4) is 5.75 Å². The molecule has 1 saturated carbocycles. The average molecular weight is 304 g/mol. The fraction of sp³-hybridized carbons (Fsp3) is 0.556. The van der Waals surface area contributed by atoms with Crippen LogP contribution in [0.5, 0.6) is 5.75 Å². The molecule has 120 valence electrons. The fourth-order valence-electron chi connectivity index (χ4n) is 3.11. The van der Waals surface area contributed by atoms with Gasteiger partial charge in [0.05, 0.1) is 18.6 Å². The van der Waals surface area contributed by atoms with Crippen LogP contribution < -0.4 is 4.74 Å². The van der Waals surface area contributed by atoms with Gasteiger partial charge in [-0.15, -0.1) is 0 Å². The molecule has 4 nitrogen and oxygen atoms in total. The van der Waals surface area contributed by atoms with Gasteiger partial charge in [0.15, 0.2) is 5.78 Å². The van der Waals surface area contributed by atoms with Crippen LogP contribution in [0, 0.1) is 5.92 Å². The standard InChI is InChI=1S/C18H24O4/c1-12(18(20)21)10-16(19)15-11-14(8-9-17(15)22-2)13-6-4-3-5-7-13/h8-9,11-13H,3-7,10H2,1-2H3,(H,20,21). The predicted octanol–water partition coefficient (Wildman–Crippen LogP) is 4.04. The number of aliphatic carboxylic acids is 1. The number of benzene rings is 1. The Bertz CT molecular complexity index is 544. The molecule has 0 bridgehead atoms. The van der Waals surface area contributed by atoms with Crippen LogP contribution in [0.3, 0.4) is 0 Å². The molecule has 1 fully saturated rings. The summed E-state index contributed by atoms with van der Waals surface area (Å²) >= 11 is 0. The Hall–Kier alpha value is -1.84. The summed E-state index contributed by atoms with van der Waals surface area (Å²) in [6.45, 7) is 1.55. The summed E-state index contributed by atoms with van der Waals surface area (Å²) in [6.07, 6.45) is 6.07. The monoisotopic (exact) mass is 304 g/mol. The molecule has 0 saturated heterocycles. The summed E-state index contributed by atoms with van der Waals surface area (Å²) in [6, 6.07) is 5.78. The molecule has 1 atom stereocenters. The van der Waals surface area contributed by atoms with Crippen LogP contribution in [0.25, 0.3) is 0 Å². The van der Waals surface area contributed by atoms with Gasteiger partial charge in [-0.05, 0) is 36.5 Å². The van der Waals surface area contributed by atoms with Crippen LogP contribution in [0.4, 0.5) is 0 Å². The van der Waals surface area contributed by atoms with E-state index in [4.69, 9.17) is 9.84 Å². The van der Waals surface area contributed by atoms with Crippen LogP contribution in [0.1, 0.15) is 67.3 Å². The van der Waals surface area contributed by atoms with E-state index in [1.807, 2.05) is 18.2 Å². The highest BCUT2D eigenvalue weighted by Gasteiger charge is 2.22. The van der Waals surface area contributed by atoms with Gasteiger partial charge in [0.1, 0.15) is 5.75 Å². The van der Waals surface area contributed by atoms with Crippen molar-refractivity contribution in [3.63, 3.8) is 0 Å². The molecule has 1 unspecified atom stereocenters. The van der Waals surface area contributed by atoms with E-state index in [1.54, 1.807) is 6.92 Å². The lowest BCUT2D eigenvalue weighted by atomic mass is 9.83. The molecule has 0 heterocycles. The van der Waals surface area contributed by atoms with Crippen LogP contribution in [0.2, 0.25) is 0 Å². The lowest BCUT2D eigenvalue weighted by Gasteiger charge is -2.23. The molecular formula is C18H24O4. The number of hydrogen-bond acceptors (Lipinski definition) is 3. The molecule has 0 amide bonds. The second-order valence-electron chi connectivity index (χ2n) is 6.16. The molecule has 1 aliphatic rings. The second-order valence-corrected chi connectivity index (χ2v) is 6.16. The maximum atomic E-state index is 12.4. The Morgan fingerprint density at radius 3 is 2.55 bits per heavy atom. The minimum absolute atomic E-state index is 0.000185. The summed E-state index contributed by atoms with van der Waals surface area (Å²) in [5.74, 6) is -0.763. The summed E-state index contributed by atoms with van der Waals surface area (Å²) in [4.78, 5) is 23.4. The van der Waals surface area contributed by atoms with Gasteiger partial charge in [-0.1, -0.05) is 32.3 Å². The number of methoxy groups -OCH3 is 1. The Morgan fingerprint density at radius 2 is 1.95 bits per heavy atom. The third-order valence-corrected chi connectivity index (χ3v) is 4.51. The molecule has 22 heavy (non-hydrogen) atoms. The van der Waals surface area contributed by atoms with Crippen molar-refractivity contribution >= 4 is 11.8 Å². The Morgan fingerprint density at radius 1 is 1.27 bits per heavy atom. The highest BCUT2D eigenvalue weighted by molar-refractivity contribution is 6.00. The van der Waals surface area contributed by atoms with Crippen molar-refractivity contribution in [2.75, 3.05) is 7.11 Å². The highest BCUT2D eigenvalue weighted by atomic mass is 16.5. The van der Waals surface area contributed by atoms with E-state index in [2.05, 4.69) is 0 Å². The number of rotatable bonds is 6. The van der Waals surface area contributed by atoms with E-state index in [9.17, 15) is 9.59 Å². The molecular weight excluding hydrogens is 280 g/mol. The van der Waals surface area contributed by atoms with Crippen molar-refractivity contribution in [3.05, 3.63) is 29.3 Å². The fourth-order valence-corrected chi connectivity index (χ4v) is 3.11. The van der Waals surface area contributed by atoms with Gasteiger partial charge < -0.3 is 9.84 Å². The predicted molar refractivity (Wildman–Crippen MR) is 84.6 cm³/mol. The number of carboxylic acid groups (broad SMARTS) is 1. The van der Waals surface area contributed by atoms with Crippen LogP contribution in [-0.4, -0.2) is 24.0 Å². The number of carboxylic acids is 1. The first-order valence-corrected chi connectivity index (χ1v) is 7.97. The van der Waals surface area contributed by atoms with Gasteiger partial charge in [-0.25, -0.2) is 0 Å². The molecule has 1 aromatic rings. The maximum absolute atomic E-state index is 12.4. The van der Waals surface area contributed by atoms with Crippen molar-refractivity contribution in [1.29, 1.82) is 0 Å². The lowest BCUT2D eigenvalue weighted by Crippen LogP contribution is -2.16. The Labute approximate surface area is 131 Å². The molecule has 0 aliphatic heterocycles. The van der Waals surface area contributed by atoms with E-state index in [0.29, 0.717) is 17.2 Å². The summed E-state index contributed by atoms with van der Waals surface area (Å²) in [5.41, 5.74) is 1.69. The van der Waals surface area contributed by atoms with E-state index in [1.165, 1.54) is 31.9 Å². The van der Waals surface area contributed by atoms with E-state index >= 15 is 0 Å². The van der Waals surface area contributed by atoms with Gasteiger partial charge in [0, 0.05) is 6.42 Å². The lowest BCUT2D eigenvalue weighted by molar-refractivity contribution is -0.141. The first-order valence-electron chi connectivity index (χ1n) is 7.97. The number of hydrogen-bond donors (Lipinski definition) is 1. The van der Waals surface area contributed by atoms with E-state index < -0.39 is 11.9 Å². The molecule has 4 heteroatoms. The van der Waals surface area contributed by atoms with E-state index in [0.717, 1.165) is 12.8 Å². The first kappa shape index (κ1) is 16.5. The topological polar surface area (TPSA) is 63.6 Å². The number of Topliss-reactive ketones (excluding diaryl/α,β-unsaturated/α-hetero) is 1. The van der Waals surface area contributed by atoms with Gasteiger partial charge in [-0.2, -0.15) is 0 Å². The van der Waals surface area contributed by atoms with Crippen molar-refractivity contribution in [2.45, 2.75) is 51.4 Å². The average Bonchev–Trinajstić information content (AvgIpc) is 2.54. The molecule has 1 aliphatic carbocycles. The molecule has 1 aromatic carbocycles. The van der Waals surface area contributed by atoms with Crippen LogP contribution in [-0.2, 0) is 4.79 Å². The molecule has 1 N–H and O–H groups in total. The van der Waals surface area contributed by atoms with Gasteiger partial charge in [0.25, 0.3) is 0 Å². The smallest absolute Gasteiger partial charge is 0.306 e. The third kappa shape index (κ3) is 3.87. The molecule has 2 rings (SSSR count). The number of carbonyl (C=O) groups excluding carboxylic acids is 1. The van der Waals surface area contributed by atoms with Crippen molar-refractivity contribution < 1.29 is 19.4 Å². The van der Waals surface area contributed by atoms with Gasteiger partial charge >= 0.3 is 5.97 Å².